The molecule has 5 heteroatoms. The molecule has 1 aromatic heterocycles. The molecule has 2 aliphatic carbocycles. The summed E-state index contributed by atoms with van der Waals surface area (Å²) in [6.07, 6.45) is 4.77. The van der Waals surface area contributed by atoms with Crippen LogP contribution in [0.15, 0.2) is 18.3 Å². The summed E-state index contributed by atoms with van der Waals surface area (Å²) in [5.74, 6) is -0.194. The number of hydrogen-bond donors (Lipinski definition) is 2. The molecule has 0 aliphatic heterocycles. The summed E-state index contributed by atoms with van der Waals surface area (Å²) < 4.78 is 0. The number of carbonyl (C=O) groups is 1. The van der Waals surface area contributed by atoms with Gasteiger partial charge in [-0.1, -0.05) is 6.07 Å². The molecule has 4 unspecified atom stereocenters. The van der Waals surface area contributed by atoms with Crippen molar-refractivity contribution in [1.82, 2.24) is 10.3 Å². The molecule has 2 bridgehead atoms. The second-order valence-corrected chi connectivity index (χ2v) is 5.73. The van der Waals surface area contributed by atoms with Gasteiger partial charge in [-0.2, -0.15) is 5.26 Å². The summed E-state index contributed by atoms with van der Waals surface area (Å²) in [6, 6.07) is 5.76. The van der Waals surface area contributed by atoms with Crippen molar-refractivity contribution in [2.75, 3.05) is 0 Å². The minimum Gasteiger partial charge on any atom is -0.481 e. The SMILES string of the molecule is N#Cc1ncccc1CNC1C2CCC(C2)C1C(=O)O. The number of fused-ring (bicyclic) bond motifs is 2. The quantitative estimate of drug-likeness (QED) is 0.867. The van der Waals surface area contributed by atoms with Crippen molar-refractivity contribution in [2.24, 2.45) is 17.8 Å². The van der Waals surface area contributed by atoms with Crippen LogP contribution in [-0.2, 0) is 11.3 Å². The van der Waals surface area contributed by atoms with Gasteiger partial charge in [0.05, 0.1) is 5.92 Å². The number of nitrogens with one attached hydrogen (secondary N) is 1. The Morgan fingerprint density at radius 3 is 3.05 bits per heavy atom. The minimum absolute atomic E-state index is 0.0259. The fourth-order valence-corrected chi connectivity index (χ4v) is 3.85. The number of aliphatic carboxylic acids is 1. The lowest BCUT2D eigenvalue weighted by Gasteiger charge is -2.29. The Hall–Kier alpha value is -1.93. The van der Waals surface area contributed by atoms with Gasteiger partial charge < -0.3 is 10.4 Å². The first-order valence-electron chi connectivity index (χ1n) is 7.01. The fraction of sp³-hybridized carbons (Fsp3) is 0.533. The normalized spacial score (nSPS) is 31.1. The van der Waals surface area contributed by atoms with Crippen molar-refractivity contribution in [1.29, 1.82) is 5.26 Å². The Kier molecular flexibility index (Phi) is 3.41. The van der Waals surface area contributed by atoms with E-state index in [1.807, 2.05) is 6.07 Å². The largest absolute Gasteiger partial charge is 0.481 e. The summed E-state index contributed by atoms with van der Waals surface area (Å²) in [5, 5.41) is 21.8. The first-order chi connectivity index (χ1) is 9.70. The predicted octanol–water partition coefficient (Wildman–Crippen LogP) is 1.54. The molecule has 0 amide bonds. The molecule has 20 heavy (non-hydrogen) atoms. The van der Waals surface area contributed by atoms with E-state index in [0.29, 0.717) is 24.1 Å². The van der Waals surface area contributed by atoms with Crippen LogP contribution in [0, 0.1) is 29.1 Å². The van der Waals surface area contributed by atoms with Gasteiger partial charge in [0.15, 0.2) is 0 Å². The topological polar surface area (TPSA) is 86.0 Å². The van der Waals surface area contributed by atoms with E-state index in [4.69, 9.17) is 5.26 Å². The number of nitrogens with zero attached hydrogens (tertiary/aromatic N) is 2. The van der Waals surface area contributed by atoms with E-state index < -0.39 is 5.97 Å². The molecule has 2 N–H and O–H groups in total. The van der Waals surface area contributed by atoms with Crippen LogP contribution in [0.4, 0.5) is 0 Å². The number of carboxylic acid groups (broad SMARTS) is 1. The van der Waals surface area contributed by atoms with Crippen LogP contribution >= 0.6 is 0 Å². The van der Waals surface area contributed by atoms with E-state index in [1.165, 1.54) is 0 Å². The van der Waals surface area contributed by atoms with Gasteiger partial charge >= 0.3 is 5.97 Å². The van der Waals surface area contributed by atoms with Crippen LogP contribution in [0.25, 0.3) is 0 Å². The zero-order valence-electron chi connectivity index (χ0n) is 11.1. The summed E-state index contributed by atoms with van der Waals surface area (Å²) in [4.78, 5) is 15.5. The number of carboxylic acids is 1. The Bertz CT molecular complexity index is 566. The molecule has 2 aliphatic rings. The predicted molar refractivity (Wildman–Crippen MR) is 71.5 cm³/mol. The van der Waals surface area contributed by atoms with Gasteiger partial charge in [0.2, 0.25) is 0 Å². The van der Waals surface area contributed by atoms with Crippen LogP contribution < -0.4 is 5.32 Å². The molecule has 3 rings (SSSR count). The van der Waals surface area contributed by atoms with E-state index >= 15 is 0 Å². The molecular formula is C15H17N3O2. The van der Waals surface area contributed by atoms with Crippen molar-refractivity contribution < 1.29 is 9.90 Å². The maximum Gasteiger partial charge on any atom is 0.308 e. The Morgan fingerprint density at radius 2 is 2.30 bits per heavy atom. The molecule has 2 saturated carbocycles. The summed E-state index contributed by atoms with van der Waals surface area (Å²) >= 11 is 0. The van der Waals surface area contributed by atoms with Crippen molar-refractivity contribution in [3.63, 3.8) is 0 Å². The Labute approximate surface area is 117 Å². The van der Waals surface area contributed by atoms with Crippen LogP contribution in [0.5, 0.6) is 0 Å². The Balaban J connectivity index is 1.72. The maximum atomic E-state index is 11.4. The zero-order chi connectivity index (χ0) is 14.1. The van der Waals surface area contributed by atoms with E-state index in [1.54, 1.807) is 12.3 Å². The molecule has 0 aromatic carbocycles. The third-order valence-electron chi connectivity index (χ3n) is 4.73. The monoisotopic (exact) mass is 271 g/mol. The Morgan fingerprint density at radius 1 is 1.50 bits per heavy atom. The average Bonchev–Trinajstić information content (AvgIpc) is 3.05. The molecule has 1 heterocycles. The number of pyridine rings is 1. The van der Waals surface area contributed by atoms with Crippen LogP contribution in [0.1, 0.15) is 30.5 Å². The highest BCUT2D eigenvalue weighted by molar-refractivity contribution is 5.72. The molecular weight excluding hydrogens is 254 g/mol. The number of rotatable bonds is 4. The van der Waals surface area contributed by atoms with Crippen LogP contribution in [0.2, 0.25) is 0 Å². The standard InChI is InChI=1S/C15H17N3O2/c16-7-12-11(2-1-5-17-12)8-18-14-10-4-3-9(6-10)13(14)15(19)20/h1-2,5,9-10,13-14,18H,3-4,6,8H2,(H,19,20). The fourth-order valence-electron chi connectivity index (χ4n) is 3.85. The highest BCUT2D eigenvalue weighted by Crippen LogP contribution is 2.48. The van der Waals surface area contributed by atoms with E-state index in [-0.39, 0.29) is 12.0 Å². The highest BCUT2D eigenvalue weighted by Gasteiger charge is 2.50. The van der Waals surface area contributed by atoms with E-state index in [2.05, 4.69) is 16.4 Å². The molecule has 4 atom stereocenters. The third-order valence-corrected chi connectivity index (χ3v) is 4.73. The van der Waals surface area contributed by atoms with Crippen molar-refractivity contribution in [2.45, 2.75) is 31.8 Å². The molecule has 0 spiro atoms. The van der Waals surface area contributed by atoms with Gasteiger partial charge in [0, 0.05) is 24.3 Å². The van der Waals surface area contributed by atoms with Gasteiger partial charge in [0.1, 0.15) is 11.8 Å². The number of nitriles is 1. The molecule has 5 nitrogen and oxygen atoms in total. The zero-order valence-corrected chi connectivity index (χ0v) is 11.1. The summed E-state index contributed by atoms with van der Waals surface area (Å²) in [6.45, 7) is 0.508. The van der Waals surface area contributed by atoms with Gasteiger partial charge in [-0.15, -0.1) is 0 Å². The summed E-state index contributed by atoms with van der Waals surface area (Å²) in [5.41, 5.74) is 1.25. The average molecular weight is 271 g/mol. The summed E-state index contributed by atoms with van der Waals surface area (Å²) in [7, 11) is 0. The molecule has 2 fully saturated rings. The number of hydrogen-bond acceptors (Lipinski definition) is 4. The number of aromatic nitrogens is 1. The maximum absolute atomic E-state index is 11.4. The lowest BCUT2D eigenvalue weighted by atomic mass is 9.84. The van der Waals surface area contributed by atoms with Gasteiger partial charge in [-0.3, -0.25) is 4.79 Å². The second kappa shape index (κ2) is 5.22. The molecule has 104 valence electrons. The third kappa shape index (κ3) is 2.16. The van der Waals surface area contributed by atoms with Gasteiger partial charge in [-0.25, -0.2) is 4.98 Å². The minimum atomic E-state index is -0.693. The van der Waals surface area contributed by atoms with E-state index in [0.717, 1.165) is 24.8 Å². The van der Waals surface area contributed by atoms with E-state index in [9.17, 15) is 9.90 Å². The van der Waals surface area contributed by atoms with Crippen LogP contribution in [-0.4, -0.2) is 22.1 Å². The second-order valence-electron chi connectivity index (χ2n) is 5.73. The smallest absolute Gasteiger partial charge is 0.308 e. The highest BCUT2D eigenvalue weighted by atomic mass is 16.4. The van der Waals surface area contributed by atoms with Crippen molar-refractivity contribution in [3.05, 3.63) is 29.6 Å². The first kappa shape index (κ1) is 13.1. The van der Waals surface area contributed by atoms with Crippen molar-refractivity contribution in [3.8, 4) is 6.07 Å². The van der Waals surface area contributed by atoms with Crippen molar-refractivity contribution >= 4 is 5.97 Å². The van der Waals surface area contributed by atoms with Gasteiger partial charge in [-0.05, 0) is 37.2 Å². The lowest BCUT2D eigenvalue weighted by Crippen LogP contribution is -2.43. The van der Waals surface area contributed by atoms with Gasteiger partial charge in [0.25, 0.3) is 0 Å². The molecule has 0 radical (unpaired) electrons. The lowest BCUT2D eigenvalue weighted by molar-refractivity contribution is -0.144. The molecule has 1 aromatic rings. The van der Waals surface area contributed by atoms with Crippen LogP contribution in [0.3, 0.4) is 0 Å². The molecule has 0 saturated heterocycles. The first-order valence-corrected chi connectivity index (χ1v) is 7.01.